The Morgan fingerprint density at radius 1 is 1.06 bits per heavy atom. The first kappa shape index (κ1) is 13.3. The van der Waals surface area contributed by atoms with Crippen molar-refractivity contribution in [2.24, 2.45) is 0 Å². The van der Waals surface area contributed by atoms with E-state index in [4.69, 9.17) is 5.73 Å². The van der Waals surface area contributed by atoms with E-state index in [1.54, 1.807) is 12.1 Å². The number of hydrogen-bond donors (Lipinski definition) is 2. The highest BCUT2D eigenvalue weighted by Gasteiger charge is 2.13. The minimum Gasteiger partial charge on any atom is -0.397 e. The molecule has 0 spiro atoms. The van der Waals surface area contributed by atoms with Crippen LogP contribution in [0.5, 0.6) is 0 Å². The van der Waals surface area contributed by atoms with Crippen LogP contribution < -0.4 is 11.1 Å². The molecule has 3 N–H and O–H groups in total. The molecule has 0 unspecified atom stereocenters. The fourth-order valence-electron chi connectivity index (χ4n) is 1.42. The van der Waals surface area contributed by atoms with Crippen molar-refractivity contribution in [3.63, 3.8) is 0 Å². The van der Waals surface area contributed by atoms with E-state index in [1.807, 2.05) is 6.07 Å². The van der Waals surface area contributed by atoms with Crippen LogP contribution in [-0.2, 0) is 0 Å². The highest BCUT2D eigenvalue weighted by molar-refractivity contribution is 9.11. The van der Waals surface area contributed by atoms with Crippen molar-refractivity contribution in [2.45, 2.75) is 0 Å². The molecule has 2 nitrogen and oxygen atoms in total. The average molecular weight is 378 g/mol. The number of nitrogen functional groups attached to an aromatic ring is 1. The van der Waals surface area contributed by atoms with Crippen molar-refractivity contribution >= 4 is 48.9 Å². The normalized spacial score (nSPS) is 10.4. The predicted molar refractivity (Wildman–Crippen MR) is 75.9 cm³/mol. The smallest absolute Gasteiger partial charge is 0.184 e. The Bertz CT molecular complexity index is 603. The highest BCUT2D eigenvalue weighted by atomic mass is 79.9. The van der Waals surface area contributed by atoms with Gasteiger partial charge < -0.3 is 11.1 Å². The van der Waals surface area contributed by atoms with E-state index in [1.165, 1.54) is 6.07 Å². The van der Waals surface area contributed by atoms with Crippen LogP contribution in [0.25, 0.3) is 0 Å². The first-order valence-electron chi connectivity index (χ1n) is 4.94. The Morgan fingerprint density at radius 2 is 1.78 bits per heavy atom. The topological polar surface area (TPSA) is 38.0 Å². The first-order chi connectivity index (χ1) is 8.49. The summed E-state index contributed by atoms with van der Waals surface area (Å²) in [6.45, 7) is 0. The maximum absolute atomic E-state index is 13.6. The molecule has 0 radical (unpaired) electrons. The lowest BCUT2D eigenvalue weighted by Gasteiger charge is -2.12. The molecular weight excluding hydrogens is 370 g/mol. The van der Waals surface area contributed by atoms with E-state index < -0.39 is 11.6 Å². The van der Waals surface area contributed by atoms with Crippen molar-refractivity contribution < 1.29 is 8.78 Å². The molecule has 0 heterocycles. The molecule has 2 aromatic carbocycles. The molecule has 18 heavy (non-hydrogen) atoms. The second kappa shape index (κ2) is 5.24. The minimum atomic E-state index is -0.998. The summed E-state index contributed by atoms with van der Waals surface area (Å²) in [6.07, 6.45) is 0. The zero-order chi connectivity index (χ0) is 13.3. The van der Waals surface area contributed by atoms with Crippen LogP contribution in [0.4, 0.5) is 25.8 Å². The summed E-state index contributed by atoms with van der Waals surface area (Å²) in [5.74, 6) is -1.94. The van der Waals surface area contributed by atoms with Gasteiger partial charge in [0.05, 0.1) is 11.4 Å². The van der Waals surface area contributed by atoms with Gasteiger partial charge in [-0.2, -0.15) is 0 Å². The van der Waals surface area contributed by atoms with Crippen LogP contribution in [0.1, 0.15) is 0 Å². The number of halogens is 4. The quantitative estimate of drug-likeness (QED) is 0.736. The molecule has 0 saturated heterocycles. The molecule has 0 bridgehead atoms. The van der Waals surface area contributed by atoms with Gasteiger partial charge in [0.1, 0.15) is 5.69 Å². The Kier molecular flexibility index (Phi) is 3.87. The first-order valence-corrected chi connectivity index (χ1v) is 6.53. The third-order valence-corrected chi connectivity index (χ3v) is 3.50. The van der Waals surface area contributed by atoms with Crippen LogP contribution >= 0.6 is 31.9 Å². The number of nitrogens with one attached hydrogen (secondary N) is 1. The predicted octanol–water partition coefficient (Wildman–Crippen LogP) is 4.82. The summed E-state index contributed by atoms with van der Waals surface area (Å²) in [5, 5.41) is 2.77. The van der Waals surface area contributed by atoms with E-state index in [2.05, 4.69) is 37.2 Å². The molecule has 2 aromatic rings. The maximum atomic E-state index is 13.6. The van der Waals surface area contributed by atoms with Crippen LogP contribution in [-0.4, -0.2) is 0 Å². The molecule has 6 heteroatoms. The van der Waals surface area contributed by atoms with Crippen LogP contribution in [0.2, 0.25) is 0 Å². The summed E-state index contributed by atoms with van der Waals surface area (Å²) < 4.78 is 28.3. The number of rotatable bonds is 2. The third-order valence-electron chi connectivity index (χ3n) is 2.32. The van der Waals surface area contributed by atoms with Gasteiger partial charge in [-0.3, -0.25) is 0 Å². The lowest BCUT2D eigenvalue weighted by Crippen LogP contribution is -2.02. The largest absolute Gasteiger partial charge is 0.397 e. The van der Waals surface area contributed by atoms with E-state index in [9.17, 15) is 8.78 Å². The van der Waals surface area contributed by atoms with Gasteiger partial charge in [0.2, 0.25) is 0 Å². The van der Waals surface area contributed by atoms with Gasteiger partial charge >= 0.3 is 0 Å². The van der Waals surface area contributed by atoms with Gasteiger partial charge in [0.15, 0.2) is 11.6 Å². The Labute approximate surface area is 119 Å². The second-order valence-electron chi connectivity index (χ2n) is 3.57. The van der Waals surface area contributed by atoms with E-state index in [0.29, 0.717) is 10.2 Å². The van der Waals surface area contributed by atoms with Crippen molar-refractivity contribution in [1.82, 2.24) is 0 Å². The minimum absolute atomic E-state index is 0.0752. The van der Waals surface area contributed by atoms with Crippen LogP contribution in [0.15, 0.2) is 39.3 Å². The Morgan fingerprint density at radius 3 is 2.50 bits per heavy atom. The zero-order valence-electron chi connectivity index (χ0n) is 8.98. The Hall–Kier alpha value is -1.14. The molecule has 0 aromatic heterocycles. The van der Waals surface area contributed by atoms with E-state index >= 15 is 0 Å². The van der Waals surface area contributed by atoms with Crippen molar-refractivity contribution in [3.8, 4) is 0 Å². The maximum Gasteiger partial charge on any atom is 0.184 e. The molecule has 0 aliphatic carbocycles. The summed E-state index contributed by atoms with van der Waals surface area (Å²) in [7, 11) is 0. The van der Waals surface area contributed by atoms with Gasteiger partial charge in [-0.25, -0.2) is 8.78 Å². The molecule has 0 aliphatic heterocycles. The third kappa shape index (κ3) is 2.64. The van der Waals surface area contributed by atoms with Crippen LogP contribution in [0, 0.1) is 11.6 Å². The van der Waals surface area contributed by atoms with E-state index in [-0.39, 0.29) is 11.4 Å². The average Bonchev–Trinajstić information content (AvgIpc) is 2.34. The van der Waals surface area contributed by atoms with Crippen molar-refractivity contribution in [2.75, 3.05) is 11.1 Å². The van der Waals surface area contributed by atoms with Crippen molar-refractivity contribution in [3.05, 3.63) is 50.9 Å². The van der Waals surface area contributed by atoms with Crippen molar-refractivity contribution in [1.29, 1.82) is 0 Å². The summed E-state index contributed by atoms with van der Waals surface area (Å²) in [5.41, 5.74) is 6.28. The molecule has 0 amide bonds. The fraction of sp³-hybridized carbons (Fsp3) is 0. The summed E-state index contributed by atoms with van der Waals surface area (Å²) in [4.78, 5) is 0. The number of anilines is 3. The molecule has 0 aliphatic rings. The van der Waals surface area contributed by atoms with Gasteiger partial charge in [0, 0.05) is 8.95 Å². The van der Waals surface area contributed by atoms with Crippen LogP contribution in [0.3, 0.4) is 0 Å². The Balaban J connectivity index is 2.46. The van der Waals surface area contributed by atoms with Gasteiger partial charge in [-0.1, -0.05) is 15.9 Å². The summed E-state index contributed by atoms with van der Waals surface area (Å²) in [6, 6.07) is 7.63. The molecular formula is C12H8Br2F2N2. The van der Waals surface area contributed by atoms with E-state index in [0.717, 1.165) is 10.5 Å². The molecule has 94 valence electrons. The number of nitrogens with two attached hydrogens (primary N) is 1. The molecule has 2 rings (SSSR count). The molecule has 0 atom stereocenters. The number of hydrogen-bond acceptors (Lipinski definition) is 2. The monoisotopic (exact) mass is 376 g/mol. The lowest BCUT2D eigenvalue weighted by molar-refractivity contribution is 0.512. The number of benzene rings is 2. The zero-order valence-corrected chi connectivity index (χ0v) is 12.1. The lowest BCUT2D eigenvalue weighted by atomic mass is 10.2. The second-order valence-corrected chi connectivity index (χ2v) is 5.34. The highest BCUT2D eigenvalue weighted by Crippen LogP contribution is 2.33. The standard InChI is InChI=1S/C12H8Br2F2N2/c13-6-1-2-7(14)10(5-6)18-12-9(17)4-3-8(15)11(12)16/h1-5,18H,17H2. The molecule has 0 fully saturated rings. The van der Waals surface area contributed by atoms with Gasteiger partial charge in [-0.05, 0) is 46.3 Å². The van der Waals surface area contributed by atoms with Gasteiger partial charge in [0.25, 0.3) is 0 Å². The fourth-order valence-corrected chi connectivity index (χ4v) is 2.13. The molecule has 0 saturated carbocycles. The summed E-state index contributed by atoms with van der Waals surface area (Å²) >= 11 is 6.62. The van der Waals surface area contributed by atoms with Gasteiger partial charge in [-0.15, -0.1) is 0 Å². The SMILES string of the molecule is Nc1ccc(F)c(F)c1Nc1cc(Br)ccc1Br.